The van der Waals surface area contributed by atoms with Crippen LogP contribution in [-0.2, 0) is 20.8 Å². The van der Waals surface area contributed by atoms with Gasteiger partial charge in [0.05, 0.1) is 40.1 Å². The molecule has 2 aliphatic heterocycles. The Labute approximate surface area is 207 Å². The molecular formula is C28H35NO6. The van der Waals surface area contributed by atoms with Crippen molar-refractivity contribution in [2.24, 2.45) is 5.41 Å². The lowest BCUT2D eigenvalue weighted by molar-refractivity contribution is -0.128. The van der Waals surface area contributed by atoms with E-state index in [0.29, 0.717) is 44.4 Å². The number of carbonyl (C=O) groups is 1. The molecule has 2 aliphatic rings. The van der Waals surface area contributed by atoms with E-state index < -0.39 is 0 Å². The van der Waals surface area contributed by atoms with E-state index in [9.17, 15) is 4.79 Å². The summed E-state index contributed by atoms with van der Waals surface area (Å²) in [4.78, 5) is 15.1. The molecule has 2 saturated heterocycles. The molecule has 0 aromatic heterocycles. The summed E-state index contributed by atoms with van der Waals surface area (Å²) in [6, 6.07) is 13.4. The predicted octanol–water partition coefficient (Wildman–Crippen LogP) is 4.34. The van der Waals surface area contributed by atoms with Crippen molar-refractivity contribution >= 4 is 12.0 Å². The fourth-order valence-corrected chi connectivity index (χ4v) is 4.19. The summed E-state index contributed by atoms with van der Waals surface area (Å²) in [5, 5.41) is 0. The van der Waals surface area contributed by atoms with E-state index in [0.717, 1.165) is 36.3 Å². The topological polar surface area (TPSA) is 66.5 Å². The quantitative estimate of drug-likeness (QED) is 0.445. The molecule has 0 radical (unpaired) electrons. The maximum atomic E-state index is 13.2. The fraction of sp³-hybridized carbons (Fsp3) is 0.464. The monoisotopic (exact) mass is 481 g/mol. The minimum absolute atomic E-state index is 0.0229. The second-order valence-electron chi connectivity index (χ2n) is 9.54. The standard InChI is InChI=1S/C28H35NO6/c1-28(18-33-19-28)20-35-26-15-22(8-12-25(26)32-3)16-29(17-24-5-4-14-34-24)27(30)13-9-21-6-10-23(31-2)11-7-21/h6-13,15,24H,4-5,14,16-20H2,1-3H3. The molecule has 7 nitrogen and oxygen atoms in total. The van der Waals surface area contributed by atoms with Crippen molar-refractivity contribution in [2.75, 3.05) is 47.2 Å². The first kappa shape index (κ1) is 25.1. The second kappa shape index (κ2) is 11.6. The van der Waals surface area contributed by atoms with E-state index >= 15 is 0 Å². The molecule has 1 unspecified atom stereocenters. The van der Waals surface area contributed by atoms with Gasteiger partial charge in [0.1, 0.15) is 5.75 Å². The Morgan fingerprint density at radius 2 is 1.91 bits per heavy atom. The minimum atomic E-state index is -0.0614. The lowest BCUT2D eigenvalue weighted by Crippen LogP contribution is -2.44. The smallest absolute Gasteiger partial charge is 0.246 e. The lowest BCUT2D eigenvalue weighted by atomic mass is 9.90. The van der Waals surface area contributed by atoms with Crippen LogP contribution in [-0.4, -0.2) is 64.1 Å². The summed E-state index contributed by atoms with van der Waals surface area (Å²) in [6.45, 7) is 5.82. The first-order valence-corrected chi connectivity index (χ1v) is 12.1. The summed E-state index contributed by atoms with van der Waals surface area (Å²) >= 11 is 0. The van der Waals surface area contributed by atoms with Crippen LogP contribution in [0.25, 0.3) is 6.08 Å². The highest BCUT2D eigenvalue weighted by Crippen LogP contribution is 2.33. The van der Waals surface area contributed by atoms with Crippen LogP contribution in [0.2, 0.25) is 0 Å². The Hall–Kier alpha value is -3.03. The molecule has 2 aromatic rings. The average molecular weight is 482 g/mol. The maximum absolute atomic E-state index is 13.2. The fourth-order valence-electron chi connectivity index (χ4n) is 4.19. The molecule has 2 fully saturated rings. The zero-order chi connectivity index (χ0) is 24.7. The van der Waals surface area contributed by atoms with Crippen molar-refractivity contribution in [3.05, 3.63) is 59.7 Å². The van der Waals surface area contributed by atoms with Gasteiger partial charge in [0.2, 0.25) is 5.91 Å². The number of rotatable bonds is 11. The number of nitrogens with zero attached hydrogens (tertiary/aromatic N) is 1. The van der Waals surface area contributed by atoms with Crippen molar-refractivity contribution in [1.82, 2.24) is 4.90 Å². The van der Waals surface area contributed by atoms with Crippen LogP contribution in [0.5, 0.6) is 17.2 Å². The zero-order valence-corrected chi connectivity index (χ0v) is 20.8. The third kappa shape index (κ3) is 6.77. The summed E-state index contributed by atoms with van der Waals surface area (Å²) < 4.78 is 28.0. The van der Waals surface area contributed by atoms with Crippen molar-refractivity contribution in [2.45, 2.75) is 32.4 Å². The first-order valence-electron chi connectivity index (χ1n) is 12.1. The van der Waals surface area contributed by atoms with E-state index in [1.54, 1.807) is 20.3 Å². The van der Waals surface area contributed by atoms with Crippen LogP contribution >= 0.6 is 0 Å². The summed E-state index contributed by atoms with van der Waals surface area (Å²) in [5.74, 6) is 2.07. The molecule has 188 valence electrons. The summed E-state index contributed by atoms with van der Waals surface area (Å²) in [5.41, 5.74) is 1.93. The summed E-state index contributed by atoms with van der Waals surface area (Å²) in [6.07, 6.45) is 5.49. The molecule has 1 atom stereocenters. The molecule has 7 heteroatoms. The molecule has 0 spiro atoms. The first-order chi connectivity index (χ1) is 17.0. The molecule has 2 aromatic carbocycles. The predicted molar refractivity (Wildman–Crippen MR) is 134 cm³/mol. The largest absolute Gasteiger partial charge is 0.497 e. The second-order valence-corrected chi connectivity index (χ2v) is 9.54. The van der Waals surface area contributed by atoms with E-state index in [4.69, 9.17) is 23.7 Å². The van der Waals surface area contributed by atoms with Gasteiger partial charge in [-0.15, -0.1) is 0 Å². The molecule has 0 N–H and O–H groups in total. The highest BCUT2D eigenvalue weighted by Gasteiger charge is 2.34. The number of ether oxygens (including phenoxy) is 5. The molecular weight excluding hydrogens is 446 g/mol. The Morgan fingerprint density at radius 3 is 2.54 bits per heavy atom. The number of methoxy groups -OCH3 is 2. The van der Waals surface area contributed by atoms with Gasteiger partial charge < -0.3 is 28.6 Å². The van der Waals surface area contributed by atoms with E-state index in [-0.39, 0.29) is 17.4 Å². The Kier molecular flexibility index (Phi) is 8.31. The number of amides is 1. The Balaban J connectivity index is 1.48. The third-order valence-corrected chi connectivity index (χ3v) is 6.37. The van der Waals surface area contributed by atoms with E-state index in [1.165, 1.54) is 0 Å². The molecule has 35 heavy (non-hydrogen) atoms. The summed E-state index contributed by atoms with van der Waals surface area (Å²) in [7, 11) is 3.27. The zero-order valence-electron chi connectivity index (χ0n) is 20.8. The van der Waals surface area contributed by atoms with Gasteiger partial charge in [0, 0.05) is 31.2 Å². The van der Waals surface area contributed by atoms with E-state index in [2.05, 4.69) is 6.92 Å². The van der Waals surface area contributed by atoms with Gasteiger partial charge in [0.15, 0.2) is 11.5 Å². The van der Waals surface area contributed by atoms with Crippen LogP contribution in [0.3, 0.4) is 0 Å². The molecule has 0 aliphatic carbocycles. The molecule has 0 bridgehead atoms. The normalized spacial score (nSPS) is 18.8. The molecule has 4 rings (SSSR count). The van der Waals surface area contributed by atoms with Gasteiger partial charge in [-0.1, -0.05) is 25.1 Å². The van der Waals surface area contributed by atoms with Gasteiger partial charge in [-0.3, -0.25) is 4.79 Å². The number of hydrogen-bond donors (Lipinski definition) is 0. The number of carbonyl (C=O) groups excluding carboxylic acids is 1. The average Bonchev–Trinajstić information content (AvgIpc) is 3.38. The van der Waals surface area contributed by atoms with Crippen molar-refractivity contribution < 1.29 is 28.5 Å². The number of benzene rings is 2. The van der Waals surface area contributed by atoms with Crippen LogP contribution in [0, 0.1) is 5.41 Å². The minimum Gasteiger partial charge on any atom is -0.497 e. The van der Waals surface area contributed by atoms with Gasteiger partial charge in [-0.25, -0.2) is 0 Å². The van der Waals surface area contributed by atoms with Crippen LogP contribution in [0.15, 0.2) is 48.5 Å². The van der Waals surface area contributed by atoms with Crippen LogP contribution in [0.1, 0.15) is 30.9 Å². The van der Waals surface area contributed by atoms with Crippen LogP contribution < -0.4 is 14.2 Å². The lowest BCUT2D eigenvalue weighted by Gasteiger charge is -2.37. The SMILES string of the molecule is COc1ccc(C=CC(=O)N(Cc2ccc(OC)c(OCC3(C)COC3)c2)CC2CCCO2)cc1. The highest BCUT2D eigenvalue weighted by molar-refractivity contribution is 5.91. The van der Waals surface area contributed by atoms with Gasteiger partial charge >= 0.3 is 0 Å². The maximum Gasteiger partial charge on any atom is 0.246 e. The van der Waals surface area contributed by atoms with Crippen molar-refractivity contribution in [1.29, 1.82) is 0 Å². The van der Waals surface area contributed by atoms with Gasteiger partial charge in [-0.2, -0.15) is 0 Å². The molecule has 2 heterocycles. The van der Waals surface area contributed by atoms with Gasteiger partial charge in [-0.05, 0) is 54.3 Å². The van der Waals surface area contributed by atoms with Crippen LogP contribution in [0.4, 0.5) is 0 Å². The Bertz CT molecular complexity index is 1010. The van der Waals surface area contributed by atoms with Crippen molar-refractivity contribution in [3.8, 4) is 17.2 Å². The van der Waals surface area contributed by atoms with Crippen molar-refractivity contribution in [3.63, 3.8) is 0 Å². The molecule has 0 saturated carbocycles. The van der Waals surface area contributed by atoms with E-state index in [1.807, 2.05) is 53.4 Å². The molecule has 1 amide bonds. The van der Waals surface area contributed by atoms with Gasteiger partial charge in [0.25, 0.3) is 0 Å². The highest BCUT2D eigenvalue weighted by atomic mass is 16.5. The number of hydrogen-bond acceptors (Lipinski definition) is 6. The Morgan fingerprint density at radius 1 is 1.11 bits per heavy atom. The third-order valence-electron chi connectivity index (χ3n) is 6.37.